The third-order valence-corrected chi connectivity index (χ3v) is 5.46. The summed E-state index contributed by atoms with van der Waals surface area (Å²) >= 11 is 0. The first-order chi connectivity index (χ1) is 16.9. The Hall–Kier alpha value is -3.99. The second-order valence-electron chi connectivity index (χ2n) is 8.90. The number of hydrogen-bond acceptors (Lipinski definition) is 6. The van der Waals surface area contributed by atoms with Gasteiger partial charge in [0, 0.05) is 33.6 Å². The maximum Gasteiger partial charge on any atom is 0.394 e. The Morgan fingerprint density at radius 1 is 0.972 bits per heavy atom. The highest BCUT2D eigenvalue weighted by Crippen LogP contribution is 2.29. The minimum Gasteiger partial charge on any atom is -0.433 e. The predicted molar refractivity (Wildman–Crippen MR) is 131 cm³/mol. The fourth-order valence-electron chi connectivity index (χ4n) is 3.94. The summed E-state index contributed by atoms with van der Waals surface area (Å²) in [5.41, 5.74) is 1.24. The van der Waals surface area contributed by atoms with Crippen LogP contribution in [0.4, 0.5) is 8.78 Å². The molecule has 0 saturated carbocycles. The van der Waals surface area contributed by atoms with Crippen LogP contribution in [0.25, 0.3) is 11.2 Å². The summed E-state index contributed by atoms with van der Waals surface area (Å²) in [5, 5.41) is 0. The Morgan fingerprint density at radius 3 is 2.33 bits per heavy atom. The van der Waals surface area contributed by atoms with Crippen LogP contribution in [-0.4, -0.2) is 43.8 Å². The van der Waals surface area contributed by atoms with Crippen LogP contribution in [0.1, 0.15) is 18.1 Å². The van der Waals surface area contributed by atoms with Crippen molar-refractivity contribution in [1.82, 2.24) is 23.6 Å². The second-order valence-corrected chi connectivity index (χ2v) is 8.90. The first kappa shape index (κ1) is 25.1. The molecule has 2 aromatic carbocycles. The summed E-state index contributed by atoms with van der Waals surface area (Å²) in [6.07, 6.45) is -3.37. The highest BCUT2D eigenvalue weighted by molar-refractivity contribution is 5.72. The van der Waals surface area contributed by atoms with E-state index >= 15 is 0 Å². The molecular weight excluding hydrogens is 472 g/mol. The van der Waals surface area contributed by atoms with E-state index in [1.165, 1.54) is 36.9 Å². The number of halogens is 2. The number of aromatic nitrogens is 4. The lowest BCUT2D eigenvalue weighted by molar-refractivity contribution is -0.159. The zero-order valence-electron chi connectivity index (χ0n) is 20.7. The lowest BCUT2D eigenvalue weighted by Gasteiger charge is -2.15. The van der Waals surface area contributed by atoms with E-state index in [-0.39, 0.29) is 35.2 Å². The number of benzene rings is 2. The van der Waals surface area contributed by atoms with Gasteiger partial charge < -0.3 is 14.4 Å². The smallest absolute Gasteiger partial charge is 0.394 e. The molecule has 0 fully saturated rings. The van der Waals surface area contributed by atoms with E-state index in [0.717, 1.165) is 22.2 Å². The number of alkyl halides is 2. The van der Waals surface area contributed by atoms with Gasteiger partial charge in [0.1, 0.15) is 11.5 Å². The molecule has 0 bridgehead atoms. The Labute approximate surface area is 205 Å². The summed E-state index contributed by atoms with van der Waals surface area (Å²) in [4.78, 5) is 32.1. The molecule has 0 aliphatic rings. The Morgan fingerprint density at radius 2 is 1.64 bits per heavy atom. The molecule has 2 heterocycles. The quantitative estimate of drug-likeness (QED) is 0.370. The summed E-state index contributed by atoms with van der Waals surface area (Å²) < 4.78 is 41.1. The Bertz CT molecular complexity index is 1530. The maximum atomic E-state index is 13.3. The largest absolute Gasteiger partial charge is 0.433 e. The average molecular weight is 500 g/mol. The van der Waals surface area contributed by atoms with Crippen molar-refractivity contribution in [2.75, 3.05) is 14.1 Å². The van der Waals surface area contributed by atoms with E-state index in [0.29, 0.717) is 6.92 Å². The fourth-order valence-corrected chi connectivity index (χ4v) is 3.94. The number of aryl methyl sites for hydroxylation is 1. The van der Waals surface area contributed by atoms with Crippen LogP contribution in [0.15, 0.2) is 58.1 Å². The fraction of sp³-hybridized carbons (Fsp3) is 0.320. The van der Waals surface area contributed by atoms with Crippen LogP contribution < -0.4 is 20.7 Å². The molecule has 2 aromatic heterocycles. The minimum absolute atomic E-state index is 0.0294. The van der Waals surface area contributed by atoms with Gasteiger partial charge in [-0.15, -0.1) is 0 Å². The Balaban J connectivity index is 1.83. The summed E-state index contributed by atoms with van der Waals surface area (Å²) in [5.74, 6) is 0.0823. The molecule has 4 aromatic rings. The topological polar surface area (TPSA) is 83.5 Å². The molecule has 0 radical (unpaired) electrons. The number of imidazole rings is 1. The van der Waals surface area contributed by atoms with Gasteiger partial charge in [0.25, 0.3) is 5.56 Å². The molecule has 0 saturated heterocycles. The van der Waals surface area contributed by atoms with Gasteiger partial charge in [-0.2, -0.15) is 13.8 Å². The summed E-state index contributed by atoms with van der Waals surface area (Å²) in [7, 11) is 6.85. The van der Waals surface area contributed by atoms with E-state index in [1.54, 1.807) is 10.6 Å². The van der Waals surface area contributed by atoms with Gasteiger partial charge in [0.05, 0.1) is 6.54 Å². The van der Waals surface area contributed by atoms with Gasteiger partial charge in [-0.3, -0.25) is 18.5 Å². The summed E-state index contributed by atoms with van der Waals surface area (Å²) in [6.45, 7) is 1.59. The molecule has 0 aliphatic heterocycles. The van der Waals surface area contributed by atoms with Gasteiger partial charge in [-0.1, -0.05) is 30.3 Å². The van der Waals surface area contributed by atoms with E-state index in [2.05, 4.69) is 9.72 Å². The molecular formula is C25H27F2N5O4. The zero-order valence-corrected chi connectivity index (χ0v) is 20.7. The molecule has 0 amide bonds. The van der Waals surface area contributed by atoms with Crippen molar-refractivity contribution >= 4 is 11.2 Å². The maximum absolute atomic E-state index is 13.3. The van der Waals surface area contributed by atoms with Gasteiger partial charge in [0.15, 0.2) is 11.2 Å². The molecule has 11 heteroatoms. The van der Waals surface area contributed by atoms with Crippen molar-refractivity contribution in [3.63, 3.8) is 0 Å². The third-order valence-electron chi connectivity index (χ3n) is 5.46. The molecule has 0 aliphatic carbocycles. The van der Waals surface area contributed by atoms with E-state index in [9.17, 15) is 18.4 Å². The molecule has 4 rings (SSSR count). The molecule has 0 N–H and O–H groups in total. The van der Waals surface area contributed by atoms with Crippen molar-refractivity contribution in [3.05, 3.63) is 80.5 Å². The molecule has 0 unspecified atom stereocenters. The molecule has 0 spiro atoms. The standard InChI is InChI=1S/C25H27F2N5O4/c1-25(26,27)36-19-11-7-10-18(13-19)35-23-28-21-20(22(33)31(5)24(34)30(21)4)32(23)15-17-9-6-8-16(12-17)14-29(2)3/h6-13H,14-15H2,1-5H3. The van der Waals surface area contributed by atoms with Gasteiger partial charge >= 0.3 is 17.8 Å². The van der Waals surface area contributed by atoms with Gasteiger partial charge in [-0.05, 0) is 37.4 Å². The normalized spacial score (nSPS) is 11.9. The van der Waals surface area contributed by atoms with Crippen molar-refractivity contribution in [2.45, 2.75) is 26.1 Å². The highest BCUT2D eigenvalue weighted by Gasteiger charge is 2.24. The van der Waals surface area contributed by atoms with Crippen LogP contribution in [0.3, 0.4) is 0 Å². The van der Waals surface area contributed by atoms with Crippen molar-refractivity contribution in [2.24, 2.45) is 14.1 Å². The third kappa shape index (κ3) is 5.30. The van der Waals surface area contributed by atoms with Crippen molar-refractivity contribution < 1.29 is 18.3 Å². The Kier molecular flexibility index (Phi) is 6.68. The number of ether oxygens (including phenoxy) is 2. The van der Waals surface area contributed by atoms with Gasteiger partial charge in [0.2, 0.25) is 0 Å². The van der Waals surface area contributed by atoms with Crippen LogP contribution in [0, 0.1) is 0 Å². The molecule has 9 nitrogen and oxygen atoms in total. The SMILES string of the molecule is CN(C)Cc1cccc(Cn2c(Oc3cccc(OC(C)(F)F)c3)nc3c2c(=O)n(C)c(=O)n3C)c1. The average Bonchev–Trinajstić information content (AvgIpc) is 3.13. The first-order valence-corrected chi connectivity index (χ1v) is 11.2. The van der Waals surface area contributed by atoms with E-state index < -0.39 is 17.4 Å². The molecule has 36 heavy (non-hydrogen) atoms. The van der Waals surface area contributed by atoms with Crippen molar-refractivity contribution in [3.8, 4) is 17.5 Å². The van der Waals surface area contributed by atoms with E-state index in [1.807, 2.05) is 43.3 Å². The first-order valence-electron chi connectivity index (χ1n) is 11.2. The van der Waals surface area contributed by atoms with Crippen LogP contribution >= 0.6 is 0 Å². The molecule has 190 valence electrons. The number of fused-ring (bicyclic) bond motifs is 1. The molecule has 0 atom stereocenters. The van der Waals surface area contributed by atoms with Crippen LogP contribution in [-0.2, 0) is 27.2 Å². The highest BCUT2D eigenvalue weighted by atomic mass is 19.3. The van der Waals surface area contributed by atoms with E-state index in [4.69, 9.17) is 4.74 Å². The number of rotatable bonds is 8. The summed E-state index contributed by atoms with van der Waals surface area (Å²) in [6, 6.07) is 13.6. The number of hydrogen-bond donors (Lipinski definition) is 0. The lowest BCUT2D eigenvalue weighted by atomic mass is 10.1. The lowest BCUT2D eigenvalue weighted by Crippen LogP contribution is -2.37. The van der Waals surface area contributed by atoms with Crippen LogP contribution in [0.2, 0.25) is 0 Å². The van der Waals surface area contributed by atoms with Crippen LogP contribution in [0.5, 0.6) is 17.5 Å². The second kappa shape index (κ2) is 9.57. The minimum atomic E-state index is -3.37. The zero-order chi connectivity index (χ0) is 26.2. The number of nitrogens with zero attached hydrogens (tertiary/aromatic N) is 5. The van der Waals surface area contributed by atoms with Gasteiger partial charge in [-0.25, -0.2) is 4.79 Å². The van der Waals surface area contributed by atoms with Crippen molar-refractivity contribution in [1.29, 1.82) is 0 Å². The monoisotopic (exact) mass is 499 g/mol. The predicted octanol–water partition coefficient (Wildman–Crippen LogP) is 3.33.